The average molecular weight is 685 g/mol. The minimum Gasteiger partial charge on any atom is -0.494 e. The van der Waals surface area contributed by atoms with E-state index in [4.69, 9.17) is 28.4 Å². The number of epoxide rings is 2. The molecule has 2 saturated heterocycles. The lowest BCUT2D eigenvalue weighted by molar-refractivity contribution is 0.113. The summed E-state index contributed by atoms with van der Waals surface area (Å²) in [5.41, 5.74) is 3.84. The van der Waals surface area contributed by atoms with Crippen LogP contribution in [0.4, 0.5) is 11.4 Å². The lowest BCUT2D eigenvalue weighted by Crippen LogP contribution is -2.02. The first-order chi connectivity index (χ1) is 24.8. The molecule has 50 heavy (non-hydrogen) atoms. The van der Waals surface area contributed by atoms with E-state index in [9.17, 15) is 0 Å². The molecule has 5 rings (SSSR count). The number of hydrogen-bond donors (Lipinski definition) is 0. The van der Waals surface area contributed by atoms with E-state index < -0.39 is 0 Å². The molecule has 2 aliphatic heterocycles. The fourth-order valence-electron chi connectivity index (χ4n) is 5.39. The van der Waals surface area contributed by atoms with Gasteiger partial charge in [0.15, 0.2) is 0 Å². The molecule has 0 aliphatic carbocycles. The van der Waals surface area contributed by atoms with Gasteiger partial charge in [0.25, 0.3) is 0 Å². The molecule has 8 heteroatoms. The number of unbranched alkanes of at least 4 members (excludes halogenated alkanes) is 10. The van der Waals surface area contributed by atoms with Crippen molar-refractivity contribution >= 4 is 23.8 Å². The highest BCUT2D eigenvalue weighted by molar-refractivity contribution is 5.83. The first-order valence-corrected chi connectivity index (χ1v) is 18.8. The van der Waals surface area contributed by atoms with E-state index in [-0.39, 0.29) is 0 Å². The maximum atomic E-state index is 5.93. The second-order valence-electron chi connectivity index (χ2n) is 13.2. The van der Waals surface area contributed by atoms with Crippen LogP contribution < -0.4 is 9.47 Å². The summed E-state index contributed by atoms with van der Waals surface area (Å²) in [6.45, 7) is 6.49. The second-order valence-corrected chi connectivity index (χ2v) is 13.2. The summed E-state index contributed by atoms with van der Waals surface area (Å²) in [6, 6.07) is 24.1. The van der Waals surface area contributed by atoms with Gasteiger partial charge in [-0.2, -0.15) is 0 Å². The van der Waals surface area contributed by atoms with Gasteiger partial charge in [0.2, 0.25) is 0 Å². The molecular formula is C42H56N2O6. The van der Waals surface area contributed by atoms with Gasteiger partial charge < -0.3 is 28.4 Å². The molecule has 0 radical (unpaired) electrons. The van der Waals surface area contributed by atoms with Crippen molar-refractivity contribution in [3.8, 4) is 11.5 Å². The number of hydrogen-bond acceptors (Lipinski definition) is 8. The predicted molar refractivity (Wildman–Crippen MR) is 201 cm³/mol. The largest absolute Gasteiger partial charge is 0.494 e. The smallest absolute Gasteiger partial charge is 0.119 e. The van der Waals surface area contributed by atoms with E-state index in [0.717, 1.165) is 113 Å². The molecule has 2 aliphatic rings. The maximum Gasteiger partial charge on any atom is 0.119 e. The van der Waals surface area contributed by atoms with Crippen LogP contribution in [0.1, 0.15) is 88.2 Å². The second kappa shape index (κ2) is 23.0. The molecule has 0 aromatic heterocycles. The SMILES string of the molecule is C(=Nc1ccc(N=Cc2ccc(OCCCCCCCCOCC3CO3)cc2)cc1)c1ccc(OCCCCCCCCOCC2CO2)cc1. The molecule has 8 nitrogen and oxygen atoms in total. The van der Waals surface area contributed by atoms with E-state index in [2.05, 4.69) is 9.98 Å². The molecule has 0 amide bonds. The third kappa shape index (κ3) is 16.9. The molecule has 0 saturated carbocycles. The monoisotopic (exact) mass is 684 g/mol. The fourth-order valence-corrected chi connectivity index (χ4v) is 5.39. The van der Waals surface area contributed by atoms with E-state index in [1.54, 1.807) is 0 Å². The van der Waals surface area contributed by atoms with Gasteiger partial charge in [0, 0.05) is 25.6 Å². The van der Waals surface area contributed by atoms with Gasteiger partial charge >= 0.3 is 0 Å². The van der Waals surface area contributed by atoms with Crippen molar-refractivity contribution in [2.24, 2.45) is 9.98 Å². The Morgan fingerprint density at radius 2 is 0.800 bits per heavy atom. The molecule has 2 unspecified atom stereocenters. The first-order valence-electron chi connectivity index (χ1n) is 18.8. The van der Waals surface area contributed by atoms with Gasteiger partial charge in [-0.25, -0.2) is 0 Å². The Labute approximate surface area is 299 Å². The van der Waals surface area contributed by atoms with Crippen molar-refractivity contribution in [1.29, 1.82) is 0 Å². The normalized spacial score (nSPS) is 16.7. The number of ether oxygens (including phenoxy) is 6. The molecule has 3 aromatic rings. The van der Waals surface area contributed by atoms with Crippen molar-refractivity contribution < 1.29 is 28.4 Å². The summed E-state index contributed by atoms with van der Waals surface area (Å²) < 4.78 is 33.3. The Balaban J connectivity index is 0.878. The summed E-state index contributed by atoms with van der Waals surface area (Å²) in [5.74, 6) is 1.80. The summed E-state index contributed by atoms with van der Waals surface area (Å²) in [4.78, 5) is 9.25. The highest BCUT2D eigenvalue weighted by atomic mass is 16.6. The maximum absolute atomic E-state index is 5.93. The molecule has 0 spiro atoms. The van der Waals surface area contributed by atoms with E-state index in [1.807, 2.05) is 85.2 Å². The summed E-state index contributed by atoms with van der Waals surface area (Å²) in [5, 5.41) is 0. The van der Waals surface area contributed by atoms with Crippen LogP contribution in [0.3, 0.4) is 0 Å². The van der Waals surface area contributed by atoms with E-state index in [1.165, 1.54) is 51.4 Å². The first kappa shape index (κ1) is 37.7. The van der Waals surface area contributed by atoms with Crippen LogP contribution in [0.25, 0.3) is 0 Å². The van der Waals surface area contributed by atoms with Crippen LogP contribution in [-0.2, 0) is 18.9 Å². The number of rotatable bonds is 28. The minimum absolute atomic E-state index is 0.372. The van der Waals surface area contributed by atoms with Crippen LogP contribution in [0, 0.1) is 0 Å². The van der Waals surface area contributed by atoms with Crippen molar-refractivity contribution in [2.75, 3.05) is 52.9 Å². The zero-order valence-corrected chi connectivity index (χ0v) is 29.7. The quantitative estimate of drug-likeness (QED) is 0.0430. The van der Waals surface area contributed by atoms with Crippen molar-refractivity contribution in [3.05, 3.63) is 83.9 Å². The van der Waals surface area contributed by atoms with Gasteiger partial charge in [-0.3, -0.25) is 9.98 Å². The van der Waals surface area contributed by atoms with Crippen LogP contribution in [0.15, 0.2) is 82.8 Å². The fraction of sp³-hybridized carbons (Fsp3) is 0.524. The summed E-state index contributed by atoms with van der Waals surface area (Å²) in [7, 11) is 0. The van der Waals surface area contributed by atoms with E-state index in [0.29, 0.717) is 12.2 Å². The number of benzene rings is 3. The average Bonchev–Trinajstić information content (AvgIpc) is 4.10. The predicted octanol–water partition coefficient (Wildman–Crippen LogP) is 9.46. The Kier molecular flexibility index (Phi) is 17.4. The zero-order valence-electron chi connectivity index (χ0n) is 29.7. The third-order valence-corrected chi connectivity index (χ3v) is 8.65. The number of nitrogens with zero attached hydrogens (tertiary/aromatic N) is 2. The Morgan fingerprint density at radius 1 is 0.460 bits per heavy atom. The molecule has 2 atom stereocenters. The van der Waals surface area contributed by atoms with Gasteiger partial charge in [0.05, 0.1) is 51.0 Å². The van der Waals surface area contributed by atoms with Crippen molar-refractivity contribution in [3.63, 3.8) is 0 Å². The molecule has 2 fully saturated rings. The molecule has 0 N–H and O–H groups in total. The Morgan fingerprint density at radius 3 is 1.16 bits per heavy atom. The lowest BCUT2D eigenvalue weighted by atomic mass is 10.1. The number of aliphatic imine (C=N–C) groups is 2. The van der Waals surface area contributed by atoms with Gasteiger partial charge in [0.1, 0.15) is 23.7 Å². The Hall–Kier alpha value is -3.56. The molecule has 3 aromatic carbocycles. The van der Waals surface area contributed by atoms with Crippen molar-refractivity contribution in [1.82, 2.24) is 0 Å². The minimum atomic E-state index is 0.372. The van der Waals surface area contributed by atoms with Crippen LogP contribution in [-0.4, -0.2) is 77.5 Å². The van der Waals surface area contributed by atoms with Gasteiger partial charge in [-0.1, -0.05) is 51.4 Å². The lowest BCUT2D eigenvalue weighted by Gasteiger charge is -2.07. The third-order valence-electron chi connectivity index (χ3n) is 8.65. The highest BCUT2D eigenvalue weighted by Crippen LogP contribution is 2.20. The molecule has 2 heterocycles. The summed E-state index contributed by atoms with van der Waals surface area (Å²) >= 11 is 0. The molecular weight excluding hydrogens is 628 g/mol. The van der Waals surface area contributed by atoms with Crippen LogP contribution >= 0.6 is 0 Å². The highest BCUT2D eigenvalue weighted by Gasteiger charge is 2.22. The van der Waals surface area contributed by atoms with Crippen molar-refractivity contribution in [2.45, 2.75) is 89.3 Å². The molecule has 270 valence electrons. The zero-order chi connectivity index (χ0) is 34.3. The molecule has 0 bridgehead atoms. The van der Waals surface area contributed by atoms with Crippen LogP contribution in [0.5, 0.6) is 11.5 Å². The summed E-state index contributed by atoms with van der Waals surface area (Å²) in [6.07, 6.45) is 18.8. The Bertz CT molecular complexity index is 1260. The standard InChI is InChI=1S/C42H56N2O6/c1(5-9-25-45-31-41-33-49-41)3-7-11-27-47-39-21-13-35(14-22-39)29-43-37-17-19-38(20-18-37)44-30-36-15-23-40(24-16-36)48-28-12-8-4-2-6-10-26-46-32-42-34-50-42/h13-24,29-30,41-42H,1-12,25-28,31-34H2. The van der Waals surface area contributed by atoms with Crippen LogP contribution in [0.2, 0.25) is 0 Å². The van der Waals surface area contributed by atoms with Gasteiger partial charge in [-0.15, -0.1) is 0 Å². The topological polar surface area (TPSA) is 86.7 Å². The van der Waals surface area contributed by atoms with Gasteiger partial charge in [-0.05, 0) is 110 Å². The van der Waals surface area contributed by atoms with E-state index >= 15 is 0 Å².